The first-order valence-electron chi connectivity index (χ1n) is 8.34. The zero-order valence-corrected chi connectivity index (χ0v) is 15.2. The first-order valence-corrected chi connectivity index (χ1v) is 8.34. The van der Waals surface area contributed by atoms with Crippen LogP contribution in [0.1, 0.15) is 62.9 Å². The van der Waals surface area contributed by atoms with Gasteiger partial charge in [0.1, 0.15) is 0 Å². The SMILES string of the molecule is CC(C)(CCC(C)(C)CC(=O)O)CNC(=O)c1ccc(CN)cc1. The number of nitrogens with one attached hydrogen (secondary N) is 1. The predicted octanol–water partition coefficient (Wildman–Crippen LogP) is 3.18. The fraction of sp³-hybridized carbons (Fsp3) is 0.579. The molecule has 5 heteroatoms. The second-order valence-electron chi connectivity index (χ2n) is 7.98. The van der Waals surface area contributed by atoms with E-state index in [1.54, 1.807) is 12.1 Å². The highest BCUT2D eigenvalue weighted by atomic mass is 16.4. The highest BCUT2D eigenvalue weighted by Crippen LogP contribution is 2.33. The molecule has 0 saturated heterocycles. The van der Waals surface area contributed by atoms with Crippen LogP contribution in [0.25, 0.3) is 0 Å². The summed E-state index contributed by atoms with van der Waals surface area (Å²) in [7, 11) is 0. The van der Waals surface area contributed by atoms with Crippen LogP contribution >= 0.6 is 0 Å². The first kappa shape index (κ1) is 20.2. The lowest BCUT2D eigenvalue weighted by Gasteiger charge is -2.30. The molecule has 0 radical (unpaired) electrons. The third-order valence-electron chi connectivity index (χ3n) is 4.29. The fourth-order valence-corrected chi connectivity index (χ4v) is 2.48. The van der Waals surface area contributed by atoms with E-state index in [1.807, 2.05) is 26.0 Å². The Morgan fingerprint density at radius 2 is 1.58 bits per heavy atom. The summed E-state index contributed by atoms with van der Waals surface area (Å²) < 4.78 is 0. The average molecular weight is 334 g/mol. The molecule has 0 unspecified atom stereocenters. The highest BCUT2D eigenvalue weighted by molar-refractivity contribution is 5.94. The van der Waals surface area contributed by atoms with Gasteiger partial charge in [-0.2, -0.15) is 0 Å². The molecule has 1 amide bonds. The highest BCUT2D eigenvalue weighted by Gasteiger charge is 2.27. The lowest BCUT2D eigenvalue weighted by Crippen LogP contribution is -2.35. The largest absolute Gasteiger partial charge is 0.481 e. The van der Waals surface area contributed by atoms with Crippen molar-refractivity contribution in [3.8, 4) is 0 Å². The van der Waals surface area contributed by atoms with Crippen molar-refractivity contribution >= 4 is 11.9 Å². The molecule has 1 aromatic carbocycles. The minimum atomic E-state index is -0.771. The lowest BCUT2D eigenvalue weighted by atomic mass is 9.77. The average Bonchev–Trinajstić information content (AvgIpc) is 2.50. The van der Waals surface area contributed by atoms with Crippen LogP contribution in [0, 0.1) is 10.8 Å². The third-order valence-corrected chi connectivity index (χ3v) is 4.29. The Bertz CT molecular complexity index is 562. The van der Waals surface area contributed by atoms with Gasteiger partial charge in [-0.05, 0) is 41.4 Å². The third kappa shape index (κ3) is 7.13. The number of hydrogen-bond acceptors (Lipinski definition) is 3. The molecule has 5 nitrogen and oxygen atoms in total. The number of benzene rings is 1. The van der Waals surface area contributed by atoms with Crippen molar-refractivity contribution in [2.45, 2.75) is 53.5 Å². The molecule has 0 bridgehead atoms. The smallest absolute Gasteiger partial charge is 0.303 e. The van der Waals surface area contributed by atoms with Crippen molar-refractivity contribution in [2.24, 2.45) is 16.6 Å². The van der Waals surface area contributed by atoms with E-state index in [9.17, 15) is 9.59 Å². The number of hydrogen-bond donors (Lipinski definition) is 3. The van der Waals surface area contributed by atoms with Crippen molar-refractivity contribution < 1.29 is 14.7 Å². The molecule has 0 aliphatic carbocycles. The number of carbonyl (C=O) groups is 2. The summed E-state index contributed by atoms with van der Waals surface area (Å²) in [6, 6.07) is 7.27. The summed E-state index contributed by atoms with van der Waals surface area (Å²) >= 11 is 0. The Labute approximate surface area is 144 Å². The summed E-state index contributed by atoms with van der Waals surface area (Å²) in [5.41, 5.74) is 6.83. The minimum Gasteiger partial charge on any atom is -0.481 e. The molecule has 0 fully saturated rings. The van der Waals surface area contributed by atoms with E-state index in [1.165, 1.54) is 0 Å². The lowest BCUT2D eigenvalue weighted by molar-refractivity contribution is -0.139. The molecule has 1 rings (SSSR count). The monoisotopic (exact) mass is 334 g/mol. The molecule has 0 aliphatic rings. The zero-order chi connectivity index (χ0) is 18.4. The predicted molar refractivity (Wildman–Crippen MR) is 95.7 cm³/mol. The van der Waals surface area contributed by atoms with Gasteiger partial charge in [-0.1, -0.05) is 39.8 Å². The van der Waals surface area contributed by atoms with Crippen LogP contribution in [-0.4, -0.2) is 23.5 Å². The Morgan fingerprint density at radius 3 is 2.08 bits per heavy atom. The Hall–Kier alpha value is -1.88. The molecule has 4 N–H and O–H groups in total. The van der Waals surface area contributed by atoms with Gasteiger partial charge in [-0.15, -0.1) is 0 Å². The van der Waals surface area contributed by atoms with E-state index in [4.69, 9.17) is 10.8 Å². The molecular weight excluding hydrogens is 304 g/mol. The Balaban J connectivity index is 2.51. The van der Waals surface area contributed by atoms with Gasteiger partial charge in [-0.25, -0.2) is 0 Å². The number of carboxylic acid groups (broad SMARTS) is 1. The van der Waals surface area contributed by atoms with Crippen molar-refractivity contribution in [3.63, 3.8) is 0 Å². The molecule has 0 aromatic heterocycles. The quantitative estimate of drug-likeness (QED) is 0.646. The molecule has 0 atom stereocenters. The van der Waals surface area contributed by atoms with Crippen LogP contribution in [-0.2, 0) is 11.3 Å². The normalized spacial score (nSPS) is 12.0. The number of carbonyl (C=O) groups excluding carboxylic acids is 1. The van der Waals surface area contributed by atoms with Gasteiger partial charge in [0.05, 0.1) is 6.42 Å². The van der Waals surface area contributed by atoms with Crippen LogP contribution in [0.3, 0.4) is 0 Å². The second-order valence-corrected chi connectivity index (χ2v) is 7.98. The van der Waals surface area contributed by atoms with Gasteiger partial charge in [0.15, 0.2) is 0 Å². The minimum absolute atomic E-state index is 0.0946. The van der Waals surface area contributed by atoms with Gasteiger partial charge < -0.3 is 16.2 Å². The van der Waals surface area contributed by atoms with E-state index < -0.39 is 5.97 Å². The molecule has 0 aliphatic heterocycles. The molecular formula is C19H30N2O3. The number of amides is 1. The van der Waals surface area contributed by atoms with Gasteiger partial charge in [0.25, 0.3) is 5.91 Å². The summed E-state index contributed by atoms with van der Waals surface area (Å²) in [5, 5.41) is 11.9. The van der Waals surface area contributed by atoms with E-state index >= 15 is 0 Å². The van der Waals surface area contributed by atoms with E-state index in [0.717, 1.165) is 18.4 Å². The summed E-state index contributed by atoms with van der Waals surface area (Å²) in [5.74, 6) is -0.872. The van der Waals surface area contributed by atoms with Crippen LogP contribution in [0.2, 0.25) is 0 Å². The maximum atomic E-state index is 12.2. The van der Waals surface area contributed by atoms with Gasteiger partial charge in [0.2, 0.25) is 0 Å². The zero-order valence-electron chi connectivity index (χ0n) is 15.2. The standard InChI is InChI=1S/C19H30N2O3/c1-18(2,11-16(22)23)9-10-19(3,4)13-21-17(24)15-7-5-14(12-20)6-8-15/h5-8H,9-13,20H2,1-4H3,(H,21,24)(H,22,23). The van der Waals surface area contributed by atoms with Crippen LogP contribution < -0.4 is 11.1 Å². The molecule has 0 spiro atoms. The Morgan fingerprint density at radius 1 is 1.04 bits per heavy atom. The number of nitrogens with two attached hydrogens (primary N) is 1. The van der Waals surface area contributed by atoms with Crippen molar-refractivity contribution in [3.05, 3.63) is 35.4 Å². The summed E-state index contributed by atoms with van der Waals surface area (Å²) in [4.78, 5) is 23.1. The number of carboxylic acids is 1. The fourth-order valence-electron chi connectivity index (χ4n) is 2.48. The number of rotatable bonds is 9. The maximum absolute atomic E-state index is 12.2. The number of aliphatic carboxylic acids is 1. The van der Waals surface area contributed by atoms with Crippen molar-refractivity contribution in [1.29, 1.82) is 0 Å². The van der Waals surface area contributed by atoms with Crippen molar-refractivity contribution in [1.82, 2.24) is 5.32 Å². The molecule has 0 saturated carbocycles. The first-order chi connectivity index (χ1) is 11.0. The molecule has 0 heterocycles. The summed E-state index contributed by atoms with van der Waals surface area (Å²) in [6.45, 7) is 9.11. The van der Waals surface area contributed by atoms with Crippen LogP contribution in [0.4, 0.5) is 0 Å². The van der Waals surface area contributed by atoms with E-state index in [2.05, 4.69) is 19.2 Å². The topological polar surface area (TPSA) is 92.4 Å². The van der Waals surface area contributed by atoms with Gasteiger partial charge >= 0.3 is 5.97 Å². The second kappa shape index (κ2) is 8.29. The molecule has 24 heavy (non-hydrogen) atoms. The van der Waals surface area contributed by atoms with Crippen LogP contribution in [0.5, 0.6) is 0 Å². The molecule has 1 aromatic rings. The van der Waals surface area contributed by atoms with Gasteiger partial charge in [-0.3, -0.25) is 9.59 Å². The van der Waals surface area contributed by atoms with Crippen LogP contribution in [0.15, 0.2) is 24.3 Å². The van der Waals surface area contributed by atoms with Gasteiger partial charge in [0, 0.05) is 18.7 Å². The maximum Gasteiger partial charge on any atom is 0.303 e. The van der Waals surface area contributed by atoms with E-state index in [-0.39, 0.29) is 23.2 Å². The van der Waals surface area contributed by atoms with E-state index in [0.29, 0.717) is 18.7 Å². The summed E-state index contributed by atoms with van der Waals surface area (Å²) in [6.07, 6.45) is 1.80. The molecule has 134 valence electrons. The van der Waals surface area contributed by atoms with Crippen molar-refractivity contribution in [2.75, 3.05) is 6.54 Å². The Kier molecular flexibility index (Phi) is 6.96.